The molecule has 0 amide bonds. The third kappa shape index (κ3) is 2.47. The van der Waals surface area contributed by atoms with Crippen molar-refractivity contribution in [3.8, 4) is 0 Å². The third-order valence-corrected chi connectivity index (χ3v) is 2.68. The fraction of sp³-hybridized carbons (Fsp3) is 0.300. The van der Waals surface area contributed by atoms with E-state index in [1.807, 2.05) is 13.0 Å². The Labute approximate surface area is 103 Å². The van der Waals surface area contributed by atoms with Gasteiger partial charge in [-0.15, -0.1) is 0 Å². The predicted molar refractivity (Wildman–Crippen MR) is 65.1 cm³/mol. The quantitative estimate of drug-likeness (QED) is 0.860. The van der Waals surface area contributed by atoms with E-state index in [1.54, 1.807) is 12.4 Å². The molecule has 2 heterocycles. The minimum Gasteiger partial charge on any atom is -0.377 e. The summed E-state index contributed by atoms with van der Waals surface area (Å²) < 4.78 is 1.31. The normalized spacial score (nSPS) is 10.5. The van der Waals surface area contributed by atoms with Gasteiger partial charge in [-0.25, -0.2) is 4.68 Å². The molecule has 0 aliphatic rings. The van der Waals surface area contributed by atoms with Crippen LogP contribution in [-0.4, -0.2) is 20.0 Å². The van der Waals surface area contributed by atoms with E-state index in [1.165, 1.54) is 4.68 Å². The molecular weight excluding hydrogens is 242 g/mol. The summed E-state index contributed by atoms with van der Waals surface area (Å²) in [4.78, 5) is 11.7. The molecule has 0 unspecified atom stereocenters. The lowest BCUT2D eigenvalue weighted by atomic mass is 10.4. The van der Waals surface area contributed by atoms with Crippen LogP contribution in [0.5, 0.6) is 0 Å². The van der Waals surface area contributed by atoms with Gasteiger partial charge in [0, 0.05) is 12.7 Å². The van der Waals surface area contributed by atoms with Crippen LogP contribution in [0.15, 0.2) is 23.3 Å². The second kappa shape index (κ2) is 5.01. The molecule has 0 saturated carbocycles. The monoisotopic (exact) mass is 253 g/mol. The van der Waals surface area contributed by atoms with Gasteiger partial charge in [-0.1, -0.05) is 11.6 Å². The Balaban J connectivity index is 2.17. The minimum atomic E-state index is -0.288. The van der Waals surface area contributed by atoms with Gasteiger partial charge in [-0.3, -0.25) is 9.89 Å². The Morgan fingerprint density at radius 2 is 2.41 bits per heavy atom. The molecule has 2 N–H and O–H groups in total. The zero-order valence-electron chi connectivity index (χ0n) is 9.27. The highest BCUT2D eigenvalue weighted by Crippen LogP contribution is 2.15. The first-order valence-electron chi connectivity index (χ1n) is 5.20. The van der Waals surface area contributed by atoms with Crippen molar-refractivity contribution in [3.05, 3.63) is 39.5 Å². The van der Waals surface area contributed by atoms with E-state index >= 15 is 0 Å². The van der Waals surface area contributed by atoms with Gasteiger partial charge in [-0.2, -0.15) is 10.2 Å². The highest BCUT2D eigenvalue weighted by atomic mass is 35.5. The first-order chi connectivity index (χ1) is 8.22. The largest absolute Gasteiger partial charge is 0.377 e. The Morgan fingerprint density at radius 1 is 1.59 bits per heavy atom. The maximum Gasteiger partial charge on any atom is 0.287 e. The van der Waals surface area contributed by atoms with Gasteiger partial charge in [-0.05, 0) is 13.0 Å². The van der Waals surface area contributed by atoms with E-state index in [2.05, 4.69) is 20.6 Å². The second-order valence-corrected chi connectivity index (χ2v) is 3.81. The van der Waals surface area contributed by atoms with Gasteiger partial charge in [0.2, 0.25) is 0 Å². The van der Waals surface area contributed by atoms with Crippen molar-refractivity contribution in [1.29, 1.82) is 0 Å². The average molecular weight is 254 g/mol. The van der Waals surface area contributed by atoms with Crippen molar-refractivity contribution in [2.45, 2.75) is 20.0 Å². The number of anilines is 1. The molecular formula is C10H12ClN5O. The minimum absolute atomic E-state index is 0.154. The lowest BCUT2D eigenvalue weighted by molar-refractivity contribution is 0.616. The fourth-order valence-electron chi connectivity index (χ4n) is 1.39. The number of hydrogen-bond donors (Lipinski definition) is 2. The number of halogens is 1. The van der Waals surface area contributed by atoms with Gasteiger partial charge < -0.3 is 5.32 Å². The molecule has 17 heavy (non-hydrogen) atoms. The van der Waals surface area contributed by atoms with E-state index in [9.17, 15) is 4.79 Å². The van der Waals surface area contributed by atoms with Crippen LogP contribution in [0.25, 0.3) is 0 Å². The number of nitrogens with zero attached hydrogens (tertiary/aromatic N) is 3. The molecule has 0 radical (unpaired) electrons. The van der Waals surface area contributed by atoms with Crippen molar-refractivity contribution in [2.75, 3.05) is 5.32 Å². The van der Waals surface area contributed by atoms with Gasteiger partial charge in [0.15, 0.2) is 0 Å². The zero-order valence-corrected chi connectivity index (χ0v) is 10.0. The Kier molecular flexibility index (Phi) is 3.43. The molecule has 0 aliphatic heterocycles. The van der Waals surface area contributed by atoms with E-state index < -0.39 is 0 Å². The molecule has 2 rings (SSSR count). The predicted octanol–water partition coefficient (Wildman–Crippen LogP) is 1.25. The molecule has 0 aliphatic carbocycles. The molecule has 2 aromatic heterocycles. The number of aryl methyl sites for hydroxylation is 1. The van der Waals surface area contributed by atoms with Crippen LogP contribution >= 0.6 is 11.6 Å². The van der Waals surface area contributed by atoms with Crippen LogP contribution in [0.2, 0.25) is 5.02 Å². The zero-order chi connectivity index (χ0) is 12.3. The Morgan fingerprint density at radius 3 is 3.06 bits per heavy atom. The molecule has 0 saturated heterocycles. The molecule has 7 heteroatoms. The number of H-pyrrole nitrogens is 1. The van der Waals surface area contributed by atoms with Crippen molar-refractivity contribution in [2.24, 2.45) is 0 Å². The van der Waals surface area contributed by atoms with Crippen molar-refractivity contribution in [3.63, 3.8) is 0 Å². The summed E-state index contributed by atoms with van der Waals surface area (Å²) in [6.45, 7) is 2.85. The lowest BCUT2D eigenvalue weighted by Gasteiger charge is -2.08. The summed E-state index contributed by atoms with van der Waals surface area (Å²) in [5.74, 6) is 0. The summed E-state index contributed by atoms with van der Waals surface area (Å²) >= 11 is 5.96. The maximum absolute atomic E-state index is 11.7. The molecule has 90 valence electrons. The smallest absolute Gasteiger partial charge is 0.287 e. The number of aromatic nitrogens is 4. The first kappa shape index (κ1) is 11.7. The van der Waals surface area contributed by atoms with Crippen LogP contribution in [0.4, 0.5) is 5.69 Å². The summed E-state index contributed by atoms with van der Waals surface area (Å²) in [5, 5.41) is 13.8. The molecule has 2 aromatic rings. The highest BCUT2D eigenvalue weighted by molar-refractivity contribution is 6.32. The van der Waals surface area contributed by atoms with Crippen LogP contribution in [0.1, 0.15) is 12.6 Å². The maximum atomic E-state index is 11.7. The Hall–Kier alpha value is -1.82. The van der Waals surface area contributed by atoms with E-state index in [0.717, 1.165) is 5.69 Å². The molecule has 0 aromatic carbocycles. The fourth-order valence-corrected chi connectivity index (χ4v) is 1.60. The number of aromatic amines is 1. The lowest BCUT2D eigenvalue weighted by Crippen LogP contribution is -2.23. The van der Waals surface area contributed by atoms with Crippen LogP contribution in [-0.2, 0) is 13.1 Å². The van der Waals surface area contributed by atoms with Crippen LogP contribution < -0.4 is 10.9 Å². The van der Waals surface area contributed by atoms with E-state index in [4.69, 9.17) is 11.6 Å². The standard InChI is InChI=1S/C10H12ClN5O/c1-2-16-10(17)9(11)8(6-14-16)12-5-7-3-4-13-15-7/h3-4,6,12H,2,5H2,1H3,(H,13,15). The number of hydrogen-bond acceptors (Lipinski definition) is 4. The summed E-state index contributed by atoms with van der Waals surface area (Å²) in [7, 11) is 0. The highest BCUT2D eigenvalue weighted by Gasteiger charge is 2.07. The SMILES string of the molecule is CCn1ncc(NCc2ccn[nH]2)c(Cl)c1=O. The van der Waals surface area contributed by atoms with E-state index in [0.29, 0.717) is 18.8 Å². The topological polar surface area (TPSA) is 75.6 Å². The molecule has 0 atom stereocenters. The number of rotatable bonds is 4. The average Bonchev–Trinajstić information content (AvgIpc) is 2.84. The second-order valence-electron chi connectivity index (χ2n) is 3.43. The van der Waals surface area contributed by atoms with Gasteiger partial charge in [0.25, 0.3) is 5.56 Å². The van der Waals surface area contributed by atoms with Gasteiger partial charge in [0.05, 0.1) is 24.1 Å². The first-order valence-corrected chi connectivity index (χ1v) is 5.58. The summed E-state index contributed by atoms with van der Waals surface area (Å²) in [6, 6.07) is 1.83. The van der Waals surface area contributed by atoms with Crippen molar-refractivity contribution >= 4 is 17.3 Å². The summed E-state index contributed by atoms with van der Waals surface area (Å²) in [5.41, 5.74) is 1.14. The third-order valence-electron chi connectivity index (χ3n) is 2.31. The van der Waals surface area contributed by atoms with Crippen molar-refractivity contribution in [1.82, 2.24) is 20.0 Å². The van der Waals surface area contributed by atoms with E-state index in [-0.39, 0.29) is 10.6 Å². The van der Waals surface area contributed by atoms with Crippen molar-refractivity contribution < 1.29 is 0 Å². The van der Waals surface area contributed by atoms with Gasteiger partial charge >= 0.3 is 0 Å². The van der Waals surface area contributed by atoms with Gasteiger partial charge in [0.1, 0.15) is 5.02 Å². The van der Waals surface area contributed by atoms with Crippen LogP contribution in [0, 0.1) is 0 Å². The number of nitrogens with one attached hydrogen (secondary N) is 2. The molecule has 6 nitrogen and oxygen atoms in total. The van der Waals surface area contributed by atoms with Crippen LogP contribution in [0.3, 0.4) is 0 Å². The molecule has 0 spiro atoms. The molecule has 0 bridgehead atoms. The Bertz CT molecular complexity index is 548. The molecule has 0 fully saturated rings. The summed E-state index contributed by atoms with van der Waals surface area (Å²) in [6.07, 6.45) is 3.20.